The lowest BCUT2D eigenvalue weighted by molar-refractivity contribution is 0.247. The van der Waals surface area contributed by atoms with Crippen LogP contribution >= 0.6 is 24.7 Å². The van der Waals surface area contributed by atoms with E-state index in [9.17, 15) is 4.79 Å². The summed E-state index contributed by atoms with van der Waals surface area (Å²) in [5.74, 6) is 0. The first-order valence-electron chi connectivity index (χ1n) is 2.40. The van der Waals surface area contributed by atoms with Gasteiger partial charge in [0.2, 0.25) is 0 Å². The molecule has 0 atom stereocenters. The number of thiol groups is 1. The summed E-state index contributed by atoms with van der Waals surface area (Å²) >= 11 is 4.12. The number of aliphatic hydroxyl groups is 1. The van der Waals surface area contributed by atoms with Crippen molar-refractivity contribution in [2.75, 3.05) is 13.2 Å². The van der Waals surface area contributed by atoms with Crippen LogP contribution in [0, 0.1) is 0 Å². The third kappa shape index (κ3) is 8.29. The van der Waals surface area contributed by atoms with Crippen molar-refractivity contribution in [3.8, 4) is 0 Å². The molecule has 0 bridgehead atoms. The van der Waals surface area contributed by atoms with Gasteiger partial charge in [-0.1, -0.05) is 12.6 Å². The summed E-state index contributed by atoms with van der Waals surface area (Å²) in [6.45, 7) is 0.467. The van der Waals surface area contributed by atoms with Gasteiger partial charge in [-0.3, -0.25) is 4.79 Å². The van der Waals surface area contributed by atoms with E-state index in [-0.39, 0.29) is 11.1 Å². The quantitative estimate of drug-likeness (QED) is 0.374. The molecule has 5 heteroatoms. The van der Waals surface area contributed by atoms with Gasteiger partial charge in [0.05, 0.1) is 18.6 Å². The molecule has 0 unspecified atom stereocenters. The van der Waals surface area contributed by atoms with Crippen LogP contribution in [0.3, 0.4) is 0 Å². The van der Waals surface area contributed by atoms with Crippen molar-refractivity contribution in [1.29, 1.82) is 0 Å². The van der Waals surface area contributed by atoms with Gasteiger partial charge in [0.1, 0.15) is 0 Å². The number of carbonyl (C=O) groups is 1. The summed E-state index contributed by atoms with van der Waals surface area (Å²) in [4.78, 5) is 10.0. The van der Waals surface area contributed by atoms with Gasteiger partial charge in [0.25, 0.3) is 4.45 Å². The van der Waals surface area contributed by atoms with Crippen molar-refractivity contribution in [3.05, 3.63) is 0 Å². The van der Waals surface area contributed by atoms with Crippen molar-refractivity contribution in [2.45, 2.75) is 6.42 Å². The molecule has 3 nitrogen and oxygen atoms in total. The topological polar surface area (TPSA) is 46.5 Å². The van der Waals surface area contributed by atoms with Gasteiger partial charge in [-0.2, -0.15) is 0 Å². The predicted molar refractivity (Wildman–Crippen MR) is 39.6 cm³/mol. The fourth-order valence-corrected chi connectivity index (χ4v) is 0.676. The molecule has 0 aromatic rings. The lowest BCUT2D eigenvalue weighted by atomic mass is 10.5. The highest BCUT2D eigenvalue weighted by Gasteiger charge is 1.93. The molecule has 0 aliphatic carbocycles. The summed E-state index contributed by atoms with van der Waals surface area (Å²) in [6, 6.07) is 0. The maximum absolute atomic E-state index is 10.0. The van der Waals surface area contributed by atoms with Gasteiger partial charge < -0.3 is 9.29 Å². The second-order valence-corrected chi connectivity index (χ2v) is 2.73. The third-order valence-corrected chi connectivity index (χ3v) is 1.17. The molecule has 1 N–H and O–H groups in total. The number of hydrogen-bond acceptors (Lipinski definition) is 4. The van der Waals surface area contributed by atoms with Crippen LogP contribution in [0.5, 0.6) is 0 Å². The van der Waals surface area contributed by atoms with E-state index < -0.39 is 0 Å². The van der Waals surface area contributed by atoms with Crippen LogP contribution in [0.2, 0.25) is 0 Å². The molecule has 0 fully saturated rings. The fraction of sp³-hybridized carbons (Fsp3) is 0.750. The molecule has 0 amide bonds. The minimum Gasteiger partial charge on any atom is -0.396 e. The zero-order valence-electron chi connectivity index (χ0n) is 4.74. The Morgan fingerprint density at radius 3 is 2.89 bits per heavy atom. The number of aliphatic hydroxyl groups excluding tert-OH is 1. The van der Waals surface area contributed by atoms with E-state index in [1.165, 1.54) is 0 Å². The summed E-state index contributed by atoms with van der Waals surface area (Å²) in [6.07, 6.45) is 0.550. The van der Waals surface area contributed by atoms with Gasteiger partial charge in [0.15, 0.2) is 0 Å². The minimum atomic E-state index is -0.368. The van der Waals surface area contributed by atoms with Crippen LogP contribution in [-0.2, 0) is 4.18 Å². The summed E-state index contributed by atoms with van der Waals surface area (Å²) in [5, 5.41) is 8.24. The summed E-state index contributed by atoms with van der Waals surface area (Å²) in [7, 11) is 0. The van der Waals surface area contributed by atoms with Crippen LogP contribution in [0.4, 0.5) is 4.79 Å². The second-order valence-electron chi connectivity index (χ2n) is 1.25. The molecule has 0 aromatic carbocycles. The van der Waals surface area contributed by atoms with Gasteiger partial charge in [-0.15, -0.1) is 0 Å². The van der Waals surface area contributed by atoms with E-state index >= 15 is 0 Å². The predicted octanol–water partition coefficient (Wildman–Crippen LogP) is 1.08. The molecule has 54 valence electrons. The lowest BCUT2D eigenvalue weighted by Gasteiger charge is -1.94. The van der Waals surface area contributed by atoms with Crippen molar-refractivity contribution in [2.24, 2.45) is 0 Å². The van der Waals surface area contributed by atoms with E-state index in [0.717, 1.165) is 0 Å². The maximum Gasteiger partial charge on any atom is 0.269 e. The highest BCUT2D eigenvalue weighted by molar-refractivity contribution is 8.29. The van der Waals surface area contributed by atoms with Crippen molar-refractivity contribution in [3.63, 3.8) is 0 Å². The van der Waals surface area contributed by atoms with E-state index in [4.69, 9.17) is 5.11 Å². The first-order chi connectivity index (χ1) is 4.27. The molecule has 0 saturated heterocycles. The molecule has 0 rings (SSSR count). The van der Waals surface area contributed by atoms with E-state index in [1.807, 2.05) is 0 Å². The smallest absolute Gasteiger partial charge is 0.269 e. The average molecular weight is 168 g/mol. The standard InChI is InChI=1S/C4H8O3S2/c5-2-1-3-7-9-4(6)8/h5H,1-3H2,(H,6,8). The molecule has 0 radical (unpaired) electrons. The molecule has 0 aliphatic heterocycles. The highest BCUT2D eigenvalue weighted by Crippen LogP contribution is 2.07. The molecular formula is C4H8O3S2. The summed E-state index contributed by atoms with van der Waals surface area (Å²) < 4.78 is 4.30. The fourth-order valence-electron chi connectivity index (χ4n) is 0.216. The monoisotopic (exact) mass is 168 g/mol. The zero-order valence-corrected chi connectivity index (χ0v) is 6.45. The Bertz CT molecular complexity index is 85.9. The Kier molecular flexibility index (Phi) is 6.62. The Morgan fingerprint density at radius 1 is 1.78 bits per heavy atom. The zero-order chi connectivity index (χ0) is 7.11. The van der Waals surface area contributed by atoms with Crippen LogP contribution in [0.25, 0.3) is 0 Å². The first kappa shape index (κ1) is 9.29. The average Bonchev–Trinajstić information content (AvgIpc) is 1.80. The Morgan fingerprint density at radius 2 is 2.44 bits per heavy atom. The van der Waals surface area contributed by atoms with Crippen molar-refractivity contribution >= 4 is 29.1 Å². The number of carbonyl (C=O) groups excluding carboxylic acids is 1. The normalized spacial score (nSPS) is 9.56. The van der Waals surface area contributed by atoms with E-state index in [1.54, 1.807) is 0 Å². The SMILES string of the molecule is O=C(S)SOCCCO. The number of hydrogen-bond donors (Lipinski definition) is 2. The molecule has 0 spiro atoms. The Hall–Kier alpha value is 0.290. The van der Waals surface area contributed by atoms with Crippen LogP contribution in [-0.4, -0.2) is 22.8 Å². The molecular weight excluding hydrogens is 160 g/mol. The maximum atomic E-state index is 10.0. The lowest BCUT2D eigenvalue weighted by Crippen LogP contribution is -1.91. The second kappa shape index (κ2) is 6.41. The van der Waals surface area contributed by atoms with Crippen LogP contribution in [0.15, 0.2) is 0 Å². The van der Waals surface area contributed by atoms with E-state index in [0.29, 0.717) is 25.1 Å². The Labute approximate surface area is 63.4 Å². The first-order valence-corrected chi connectivity index (χ1v) is 3.59. The van der Waals surface area contributed by atoms with Crippen molar-refractivity contribution < 1.29 is 14.1 Å². The van der Waals surface area contributed by atoms with Crippen LogP contribution < -0.4 is 0 Å². The molecule has 9 heavy (non-hydrogen) atoms. The highest BCUT2D eigenvalue weighted by atomic mass is 32.2. The van der Waals surface area contributed by atoms with Gasteiger partial charge >= 0.3 is 0 Å². The third-order valence-electron chi connectivity index (χ3n) is 0.516. The van der Waals surface area contributed by atoms with Gasteiger partial charge in [0, 0.05) is 6.61 Å². The number of rotatable bonds is 4. The minimum absolute atomic E-state index is 0.0846. The van der Waals surface area contributed by atoms with Gasteiger partial charge in [-0.05, 0) is 6.42 Å². The molecule has 0 saturated carbocycles. The molecule has 0 heterocycles. The Balaban J connectivity index is 2.83. The van der Waals surface area contributed by atoms with Crippen molar-refractivity contribution in [1.82, 2.24) is 0 Å². The van der Waals surface area contributed by atoms with E-state index in [2.05, 4.69) is 16.8 Å². The molecule has 0 aromatic heterocycles. The molecule has 0 aliphatic rings. The van der Waals surface area contributed by atoms with Crippen LogP contribution in [0.1, 0.15) is 6.42 Å². The van der Waals surface area contributed by atoms with Gasteiger partial charge in [-0.25, -0.2) is 0 Å². The largest absolute Gasteiger partial charge is 0.396 e. The summed E-state index contributed by atoms with van der Waals surface area (Å²) in [5.41, 5.74) is 0.